The van der Waals surface area contributed by atoms with Crippen LogP contribution in [0.3, 0.4) is 0 Å². The Labute approximate surface area is 150 Å². The molecule has 0 bridgehead atoms. The van der Waals surface area contributed by atoms with E-state index < -0.39 is 0 Å². The van der Waals surface area contributed by atoms with E-state index in [1.807, 2.05) is 39.9 Å². The molecule has 25 heavy (non-hydrogen) atoms. The topological polar surface area (TPSA) is 52.7 Å². The number of nitrogens with zero attached hydrogens (tertiary/aromatic N) is 2. The summed E-state index contributed by atoms with van der Waals surface area (Å²) in [6, 6.07) is 11.6. The molecule has 1 N–H and O–H groups in total. The van der Waals surface area contributed by atoms with Gasteiger partial charge in [0.25, 0.3) is 5.91 Å². The molecule has 6 heteroatoms. The van der Waals surface area contributed by atoms with Gasteiger partial charge in [0.15, 0.2) is 0 Å². The van der Waals surface area contributed by atoms with Gasteiger partial charge in [0.05, 0.1) is 23.9 Å². The molecule has 1 atom stereocenters. The van der Waals surface area contributed by atoms with Gasteiger partial charge in [0.1, 0.15) is 0 Å². The Morgan fingerprint density at radius 3 is 2.72 bits per heavy atom. The van der Waals surface area contributed by atoms with Crippen LogP contribution in [0.15, 0.2) is 58.4 Å². The van der Waals surface area contributed by atoms with Crippen LogP contribution < -0.4 is 5.32 Å². The smallest absolute Gasteiger partial charge is 0.322 e. The van der Waals surface area contributed by atoms with Crippen LogP contribution in [-0.4, -0.2) is 41.9 Å². The highest BCUT2D eigenvalue weighted by Gasteiger charge is 2.42. The van der Waals surface area contributed by atoms with Crippen molar-refractivity contribution in [1.29, 1.82) is 0 Å². The number of rotatable bonds is 4. The standard InChI is InChI=1S/C19H19N3O2S/c1-21-15-11-22(9-7-13-5-3-2-4-6-13)18(23)16(15)17(20-19(21)24)14-8-10-25-12-14/h2-6,8,10,12,17H,7,9,11H2,1H3,(H,20,24). The van der Waals surface area contributed by atoms with Crippen LogP contribution in [0.4, 0.5) is 4.79 Å². The van der Waals surface area contributed by atoms with Gasteiger partial charge in [-0.2, -0.15) is 11.3 Å². The van der Waals surface area contributed by atoms with Gasteiger partial charge in [-0.15, -0.1) is 0 Å². The van der Waals surface area contributed by atoms with Crippen LogP contribution in [0, 0.1) is 0 Å². The Balaban J connectivity index is 1.57. The van der Waals surface area contributed by atoms with Crippen LogP contribution >= 0.6 is 11.3 Å². The summed E-state index contributed by atoms with van der Waals surface area (Å²) in [7, 11) is 1.72. The van der Waals surface area contributed by atoms with Crippen molar-refractivity contribution in [3.63, 3.8) is 0 Å². The number of nitrogens with one attached hydrogen (secondary N) is 1. The lowest BCUT2D eigenvalue weighted by molar-refractivity contribution is -0.125. The second-order valence-corrected chi connectivity index (χ2v) is 7.10. The van der Waals surface area contributed by atoms with Crippen LogP contribution in [0.2, 0.25) is 0 Å². The van der Waals surface area contributed by atoms with E-state index in [1.54, 1.807) is 23.3 Å². The molecule has 4 rings (SSSR count). The monoisotopic (exact) mass is 353 g/mol. The summed E-state index contributed by atoms with van der Waals surface area (Å²) < 4.78 is 0. The molecule has 128 valence electrons. The van der Waals surface area contributed by atoms with Gasteiger partial charge in [-0.05, 0) is 34.4 Å². The Morgan fingerprint density at radius 2 is 2.00 bits per heavy atom. The van der Waals surface area contributed by atoms with E-state index in [4.69, 9.17) is 0 Å². The van der Waals surface area contributed by atoms with Gasteiger partial charge in [-0.1, -0.05) is 30.3 Å². The zero-order valence-electron chi connectivity index (χ0n) is 13.9. The number of likely N-dealkylation sites (N-methyl/N-ethyl adjacent to an activating group) is 1. The average Bonchev–Trinajstić information content (AvgIpc) is 3.26. The summed E-state index contributed by atoms with van der Waals surface area (Å²) in [5, 5.41) is 6.90. The van der Waals surface area contributed by atoms with Gasteiger partial charge in [0.2, 0.25) is 0 Å². The Bertz CT molecular complexity index is 830. The van der Waals surface area contributed by atoms with Crippen molar-refractivity contribution in [3.05, 3.63) is 69.6 Å². The van der Waals surface area contributed by atoms with Gasteiger partial charge < -0.3 is 10.2 Å². The van der Waals surface area contributed by atoms with Crippen LogP contribution in [0.1, 0.15) is 17.2 Å². The van der Waals surface area contributed by atoms with Crippen molar-refractivity contribution in [2.24, 2.45) is 0 Å². The predicted molar refractivity (Wildman–Crippen MR) is 97.1 cm³/mol. The maximum absolute atomic E-state index is 13.0. The first-order valence-corrected chi connectivity index (χ1v) is 9.22. The van der Waals surface area contributed by atoms with E-state index >= 15 is 0 Å². The normalized spacial score (nSPS) is 20.1. The molecule has 0 aliphatic carbocycles. The first-order chi connectivity index (χ1) is 12.1. The minimum absolute atomic E-state index is 0.0222. The maximum Gasteiger partial charge on any atom is 0.322 e. The summed E-state index contributed by atoms with van der Waals surface area (Å²) in [5.41, 5.74) is 3.70. The van der Waals surface area contributed by atoms with Gasteiger partial charge in [0, 0.05) is 13.6 Å². The summed E-state index contributed by atoms with van der Waals surface area (Å²) in [5.74, 6) is 0.0222. The molecule has 3 amide bonds. The quantitative estimate of drug-likeness (QED) is 0.919. The maximum atomic E-state index is 13.0. The van der Waals surface area contributed by atoms with Crippen LogP contribution in [0.5, 0.6) is 0 Å². The number of amides is 3. The molecule has 0 spiro atoms. The molecule has 0 saturated carbocycles. The van der Waals surface area contributed by atoms with Gasteiger partial charge in [-0.3, -0.25) is 9.69 Å². The molecular weight excluding hydrogens is 334 g/mol. The van der Waals surface area contributed by atoms with Crippen molar-refractivity contribution in [3.8, 4) is 0 Å². The number of carbonyl (C=O) groups is 2. The molecular formula is C19H19N3O2S. The number of hydrogen-bond donors (Lipinski definition) is 1. The van der Waals surface area contributed by atoms with E-state index in [2.05, 4.69) is 17.4 Å². The summed E-state index contributed by atoms with van der Waals surface area (Å²) in [6.45, 7) is 1.14. The number of hydrogen-bond acceptors (Lipinski definition) is 3. The summed E-state index contributed by atoms with van der Waals surface area (Å²) in [4.78, 5) is 28.7. The lowest BCUT2D eigenvalue weighted by Gasteiger charge is -2.30. The first-order valence-electron chi connectivity index (χ1n) is 8.27. The van der Waals surface area contributed by atoms with Crippen molar-refractivity contribution in [2.45, 2.75) is 12.5 Å². The highest BCUT2D eigenvalue weighted by molar-refractivity contribution is 7.08. The minimum atomic E-state index is -0.348. The fourth-order valence-electron chi connectivity index (χ4n) is 3.40. The lowest BCUT2D eigenvalue weighted by atomic mass is 9.98. The highest BCUT2D eigenvalue weighted by atomic mass is 32.1. The van der Waals surface area contributed by atoms with Crippen LogP contribution in [0.25, 0.3) is 0 Å². The minimum Gasteiger partial charge on any atom is -0.333 e. The van der Waals surface area contributed by atoms with Gasteiger partial charge in [-0.25, -0.2) is 4.79 Å². The lowest BCUT2D eigenvalue weighted by Crippen LogP contribution is -2.45. The number of thiophene rings is 1. The fourth-order valence-corrected chi connectivity index (χ4v) is 4.09. The highest BCUT2D eigenvalue weighted by Crippen LogP contribution is 2.36. The third-order valence-electron chi connectivity index (χ3n) is 4.82. The van der Waals surface area contributed by atoms with Crippen LogP contribution in [-0.2, 0) is 11.2 Å². The first kappa shape index (κ1) is 15.9. The largest absolute Gasteiger partial charge is 0.333 e. The Morgan fingerprint density at radius 1 is 1.20 bits per heavy atom. The van der Waals surface area contributed by atoms with Crippen molar-refractivity contribution < 1.29 is 9.59 Å². The molecule has 1 unspecified atom stereocenters. The van der Waals surface area contributed by atoms with E-state index in [0.29, 0.717) is 18.7 Å². The third-order valence-corrected chi connectivity index (χ3v) is 5.53. The van der Waals surface area contributed by atoms with Crippen molar-refractivity contribution in [1.82, 2.24) is 15.1 Å². The molecule has 0 fully saturated rings. The molecule has 0 saturated heterocycles. The SMILES string of the molecule is CN1C(=O)NC(c2ccsc2)C2=C1CN(CCc1ccccc1)C2=O. The molecule has 5 nitrogen and oxygen atoms in total. The number of carbonyl (C=O) groups excluding carboxylic acids is 2. The second kappa shape index (κ2) is 6.37. The predicted octanol–water partition coefficient (Wildman–Crippen LogP) is 2.78. The molecule has 2 aromatic rings. The van der Waals surface area contributed by atoms with E-state index in [1.165, 1.54) is 5.56 Å². The van der Waals surface area contributed by atoms with E-state index in [-0.39, 0.29) is 18.0 Å². The molecule has 1 aromatic heterocycles. The zero-order chi connectivity index (χ0) is 17.4. The van der Waals surface area contributed by atoms with Crippen molar-refractivity contribution in [2.75, 3.05) is 20.1 Å². The summed E-state index contributed by atoms with van der Waals surface area (Å²) >= 11 is 1.57. The zero-order valence-corrected chi connectivity index (χ0v) is 14.8. The fraction of sp³-hybridized carbons (Fsp3) is 0.263. The molecule has 0 radical (unpaired) electrons. The second-order valence-electron chi connectivity index (χ2n) is 6.32. The van der Waals surface area contributed by atoms with E-state index in [9.17, 15) is 9.59 Å². The Kier molecular flexibility index (Phi) is 4.05. The number of urea groups is 1. The summed E-state index contributed by atoms with van der Waals surface area (Å²) in [6.07, 6.45) is 0.807. The molecule has 1 aromatic carbocycles. The third kappa shape index (κ3) is 2.82. The number of benzene rings is 1. The molecule has 2 aliphatic heterocycles. The molecule has 2 aliphatic rings. The van der Waals surface area contributed by atoms with Gasteiger partial charge >= 0.3 is 6.03 Å². The Hall–Kier alpha value is -2.60. The molecule has 3 heterocycles. The van der Waals surface area contributed by atoms with E-state index in [0.717, 1.165) is 17.7 Å². The average molecular weight is 353 g/mol. The van der Waals surface area contributed by atoms with Crippen molar-refractivity contribution >= 4 is 23.3 Å².